The Morgan fingerprint density at radius 2 is 1.91 bits per heavy atom. The molecule has 7 heteroatoms. The van der Waals surface area contributed by atoms with E-state index < -0.39 is 10.0 Å². The van der Waals surface area contributed by atoms with Gasteiger partial charge < -0.3 is 10.5 Å². The van der Waals surface area contributed by atoms with Gasteiger partial charge in [0.05, 0.1) is 12.0 Å². The highest BCUT2D eigenvalue weighted by Gasteiger charge is 2.35. The highest BCUT2D eigenvalue weighted by atomic mass is 35.5. The largest absolute Gasteiger partial charge is 0.496 e. The third kappa shape index (κ3) is 3.04. The molecule has 1 fully saturated rings. The van der Waals surface area contributed by atoms with Crippen molar-refractivity contribution in [1.82, 2.24) is 4.31 Å². The molecule has 2 aromatic rings. The van der Waals surface area contributed by atoms with Crippen molar-refractivity contribution in [2.24, 2.45) is 5.73 Å². The maximum absolute atomic E-state index is 13.0. The third-order valence-corrected chi connectivity index (χ3v) is 6.26. The summed E-state index contributed by atoms with van der Waals surface area (Å²) >= 11 is 0. The normalized spacial score (nSPS) is 18.8. The number of sulfonamides is 1. The van der Waals surface area contributed by atoms with E-state index in [0.717, 1.165) is 18.2 Å². The predicted octanol–water partition coefficient (Wildman–Crippen LogP) is 2.38. The van der Waals surface area contributed by atoms with Crippen LogP contribution in [0.15, 0.2) is 41.3 Å². The maximum Gasteiger partial charge on any atom is 0.243 e. The van der Waals surface area contributed by atoms with Crippen LogP contribution in [0.5, 0.6) is 5.75 Å². The Kier molecular flexibility index (Phi) is 5.52. The number of hydrogen-bond acceptors (Lipinski definition) is 4. The molecule has 0 aromatic heterocycles. The van der Waals surface area contributed by atoms with Gasteiger partial charge in [0.25, 0.3) is 0 Å². The number of rotatable bonds is 4. The fourth-order valence-electron chi connectivity index (χ4n) is 3.13. The first-order valence-corrected chi connectivity index (χ1v) is 8.81. The first kappa shape index (κ1) is 18.0. The summed E-state index contributed by atoms with van der Waals surface area (Å²) in [4.78, 5) is 0.323. The smallest absolute Gasteiger partial charge is 0.243 e. The molecule has 126 valence electrons. The van der Waals surface area contributed by atoms with Gasteiger partial charge in [0, 0.05) is 29.9 Å². The zero-order valence-corrected chi connectivity index (χ0v) is 14.6. The Morgan fingerprint density at radius 1 is 1.22 bits per heavy atom. The van der Waals surface area contributed by atoms with Crippen LogP contribution in [0.1, 0.15) is 12.8 Å². The molecule has 1 saturated heterocycles. The van der Waals surface area contributed by atoms with Gasteiger partial charge in [-0.15, -0.1) is 12.4 Å². The number of nitrogens with zero attached hydrogens (tertiary/aromatic N) is 1. The third-order valence-electron chi connectivity index (χ3n) is 4.25. The topological polar surface area (TPSA) is 72.6 Å². The van der Waals surface area contributed by atoms with Crippen LogP contribution < -0.4 is 10.5 Å². The molecule has 0 saturated carbocycles. The van der Waals surface area contributed by atoms with Gasteiger partial charge in [-0.25, -0.2) is 8.42 Å². The number of hydrogen-bond donors (Lipinski definition) is 1. The minimum absolute atomic E-state index is 0. The second-order valence-electron chi connectivity index (χ2n) is 5.46. The van der Waals surface area contributed by atoms with Crippen molar-refractivity contribution in [3.8, 4) is 5.75 Å². The summed E-state index contributed by atoms with van der Waals surface area (Å²) < 4.78 is 33.0. The minimum Gasteiger partial charge on any atom is -0.496 e. The molecule has 0 radical (unpaired) electrons. The average molecular weight is 357 g/mol. The number of halogens is 1. The molecule has 1 aliphatic heterocycles. The Morgan fingerprint density at radius 3 is 2.57 bits per heavy atom. The van der Waals surface area contributed by atoms with E-state index in [1.807, 2.05) is 24.3 Å². The van der Waals surface area contributed by atoms with Crippen LogP contribution in [0.2, 0.25) is 0 Å². The minimum atomic E-state index is -3.55. The lowest BCUT2D eigenvalue weighted by molar-refractivity contribution is 0.393. The number of nitrogens with two attached hydrogens (primary N) is 1. The SMILES string of the molecule is COc1ccc(S(=O)(=O)N2CCCC2CN)c2ccccc12.Cl. The molecule has 1 heterocycles. The summed E-state index contributed by atoms with van der Waals surface area (Å²) in [6, 6.07) is 10.6. The Labute approximate surface area is 142 Å². The lowest BCUT2D eigenvalue weighted by Crippen LogP contribution is -2.39. The van der Waals surface area contributed by atoms with Crippen LogP contribution in [0, 0.1) is 0 Å². The van der Waals surface area contributed by atoms with Crippen LogP contribution >= 0.6 is 12.4 Å². The molecule has 1 atom stereocenters. The van der Waals surface area contributed by atoms with Crippen molar-refractivity contribution in [2.75, 3.05) is 20.2 Å². The van der Waals surface area contributed by atoms with Gasteiger partial charge in [0.1, 0.15) is 5.75 Å². The quantitative estimate of drug-likeness (QED) is 0.912. The first-order chi connectivity index (χ1) is 10.6. The molecule has 5 nitrogen and oxygen atoms in total. The fraction of sp³-hybridized carbons (Fsp3) is 0.375. The molecule has 0 bridgehead atoms. The first-order valence-electron chi connectivity index (χ1n) is 7.37. The van der Waals surface area contributed by atoms with Gasteiger partial charge in [-0.2, -0.15) is 4.31 Å². The van der Waals surface area contributed by atoms with Crippen molar-refractivity contribution in [1.29, 1.82) is 0 Å². The lowest BCUT2D eigenvalue weighted by Gasteiger charge is -2.24. The summed E-state index contributed by atoms with van der Waals surface area (Å²) in [7, 11) is -1.97. The second kappa shape index (κ2) is 7.05. The zero-order chi connectivity index (χ0) is 15.7. The number of ether oxygens (including phenoxy) is 1. The molecular formula is C16H21ClN2O3S. The molecule has 3 rings (SSSR count). The summed E-state index contributed by atoms with van der Waals surface area (Å²) in [5, 5.41) is 1.49. The highest BCUT2D eigenvalue weighted by Crippen LogP contribution is 2.34. The number of benzene rings is 2. The molecule has 0 spiro atoms. The molecule has 0 amide bonds. The zero-order valence-electron chi connectivity index (χ0n) is 12.9. The predicted molar refractivity (Wildman–Crippen MR) is 93.7 cm³/mol. The van der Waals surface area contributed by atoms with Crippen LogP contribution in [0.4, 0.5) is 0 Å². The van der Waals surface area contributed by atoms with Crippen LogP contribution in [0.25, 0.3) is 10.8 Å². The highest BCUT2D eigenvalue weighted by molar-refractivity contribution is 7.89. The van der Waals surface area contributed by atoms with Crippen molar-refractivity contribution in [3.63, 3.8) is 0 Å². The van der Waals surface area contributed by atoms with E-state index in [0.29, 0.717) is 29.1 Å². The summed E-state index contributed by atoms with van der Waals surface area (Å²) in [6.07, 6.45) is 1.68. The van der Waals surface area contributed by atoms with Gasteiger partial charge in [-0.1, -0.05) is 24.3 Å². The van der Waals surface area contributed by atoms with E-state index in [1.54, 1.807) is 23.5 Å². The molecule has 1 aliphatic rings. The van der Waals surface area contributed by atoms with Crippen LogP contribution in [-0.2, 0) is 10.0 Å². The molecule has 1 unspecified atom stereocenters. The Hall–Kier alpha value is -1.34. The molecule has 0 aliphatic carbocycles. The monoisotopic (exact) mass is 356 g/mol. The summed E-state index contributed by atoms with van der Waals surface area (Å²) in [6.45, 7) is 0.887. The van der Waals surface area contributed by atoms with E-state index in [1.165, 1.54) is 0 Å². The van der Waals surface area contributed by atoms with Crippen molar-refractivity contribution >= 4 is 33.2 Å². The standard InChI is InChI=1S/C16H20N2O3S.ClH/c1-21-15-8-9-16(14-7-3-2-6-13(14)15)22(19,20)18-10-4-5-12(18)11-17;/h2-3,6-9,12H,4-5,10-11,17H2,1H3;1H. The molecule has 2 aromatic carbocycles. The average Bonchev–Trinajstić information content (AvgIpc) is 3.03. The van der Waals surface area contributed by atoms with E-state index in [9.17, 15) is 8.42 Å². The Balaban J connectivity index is 0.00000192. The van der Waals surface area contributed by atoms with Gasteiger partial charge in [0.15, 0.2) is 0 Å². The van der Waals surface area contributed by atoms with E-state index in [4.69, 9.17) is 10.5 Å². The Bertz CT molecular complexity index is 795. The molecular weight excluding hydrogens is 336 g/mol. The van der Waals surface area contributed by atoms with E-state index in [2.05, 4.69) is 0 Å². The van der Waals surface area contributed by atoms with E-state index in [-0.39, 0.29) is 18.4 Å². The maximum atomic E-state index is 13.0. The van der Waals surface area contributed by atoms with Crippen LogP contribution in [0.3, 0.4) is 0 Å². The number of fused-ring (bicyclic) bond motifs is 1. The van der Waals surface area contributed by atoms with Crippen LogP contribution in [-0.4, -0.2) is 39.0 Å². The van der Waals surface area contributed by atoms with Gasteiger partial charge >= 0.3 is 0 Å². The van der Waals surface area contributed by atoms with Gasteiger partial charge in [-0.3, -0.25) is 0 Å². The van der Waals surface area contributed by atoms with Crippen molar-refractivity contribution in [2.45, 2.75) is 23.8 Å². The van der Waals surface area contributed by atoms with E-state index >= 15 is 0 Å². The van der Waals surface area contributed by atoms with Crippen molar-refractivity contribution < 1.29 is 13.2 Å². The van der Waals surface area contributed by atoms with Crippen molar-refractivity contribution in [3.05, 3.63) is 36.4 Å². The second-order valence-corrected chi connectivity index (χ2v) is 7.32. The van der Waals surface area contributed by atoms with Gasteiger partial charge in [0.2, 0.25) is 10.0 Å². The fourth-order valence-corrected chi connectivity index (χ4v) is 5.04. The molecule has 2 N–H and O–H groups in total. The summed E-state index contributed by atoms with van der Waals surface area (Å²) in [5.74, 6) is 0.673. The lowest BCUT2D eigenvalue weighted by atomic mass is 10.1. The van der Waals surface area contributed by atoms with Gasteiger partial charge in [-0.05, 0) is 25.0 Å². The molecule has 23 heavy (non-hydrogen) atoms. The number of methoxy groups -OCH3 is 1. The summed E-state index contributed by atoms with van der Waals surface area (Å²) in [5.41, 5.74) is 5.73.